The van der Waals surface area contributed by atoms with E-state index >= 15 is 0 Å². The van der Waals surface area contributed by atoms with E-state index in [9.17, 15) is 9.59 Å². The van der Waals surface area contributed by atoms with Gasteiger partial charge in [0.15, 0.2) is 5.92 Å². The highest BCUT2D eigenvalue weighted by atomic mass is 16.5. The second-order valence-electron chi connectivity index (χ2n) is 3.59. The van der Waals surface area contributed by atoms with E-state index in [0.717, 1.165) is 0 Å². The maximum Gasteiger partial charge on any atom is 0.320 e. The van der Waals surface area contributed by atoms with Gasteiger partial charge in [-0.15, -0.1) is 0 Å². The highest BCUT2D eigenvalue weighted by molar-refractivity contribution is 5.93. The van der Waals surface area contributed by atoms with Crippen molar-refractivity contribution in [3.05, 3.63) is 30.3 Å². The summed E-state index contributed by atoms with van der Waals surface area (Å²) >= 11 is 0. The molecule has 0 saturated heterocycles. The summed E-state index contributed by atoms with van der Waals surface area (Å²) in [6.07, 6.45) is 0.0864. The van der Waals surface area contributed by atoms with Gasteiger partial charge in [0.1, 0.15) is 5.75 Å². The van der Waals surface area contributed by atoms with E-state index in [4.69, 9.17) is 14.6 Å². The van der Waals surface area contributed by atoms with E-state index in [-0.39, 0.29) is 19.6 Å². The third-order valence-corrected chi connectivity index (χ3v) is 2.29. The lowest BCUT2D eigenvalue weighted by Crippen LogP contribution is -2.27. The van der Waals surface area contributed by atoms with Crippen LogP contribution in [0.3, 0.4) is 0 Å². The molecule has 0 saturated carbocycles. The van der Waals surface area contributed by atoms with Crippen LogP contribution in [0.4, 0.5) is 0 Å². The highest BCUT2D eigenvalue weighted by Gasteiger charge is 2.27. The number of carbonyl (C=O) groups excluding carboxylic acids is 1. The minimum atomic E-state index is -1.19. The number of carboxylic acid groups (broad SMARTS) is 1. The zero-order valence-electron chi connectivity index (χ0n) is 10.2. The Hall–Kier alpha value is -2.04. The van der Waals surface area contributed by atoms with Gasteiger partial charge in [0.25, 0.3) is 0 Å². The molecule has 0 radical (unpaired) electrons. The first kappa shape index (κ1) is 14.0. The van der Waals surface area contributed by atoms with E-state index in [1.165, 1.54) is 0 Å². The molecule has 0 fully saturated rings. The monoisotopic (exact) mass is 252 g/mol. The van der Waals surface area contributed by atoms with Crippen molar-refractivity contribution in [3.8, 4) is 5.75 Å². The molecule has 0 aliphatic heterocycles. The van der Waals surface area contributed by atoms with Gasteiger partial charge in [0.2, 0.25) is 0 Å². The second-order valence-corrected chi connectivity index (χ2v) is 3.59. The van der Waals surface area contributed by atoms with E-state index in [1.54, 1.807) is 19.1 Å². The van der Waals surface area contributed by atoms with Gasteiger partial charge < -0.3 is 14.6 Å². The van der Waals surface area contributed by atoms with E-state index in [2.05, 4.69) is 0 Å². The quantitative estimate of drug-likeness (QED) is 0.591. The molecule has 1 unspecified atom stereocenters. The molecule has 1 aromatic rings. The predicted octanol–water partition coefficient (Wildman–Crippen LogP) is 1.72. The lowest BCUT2D eigenvalue weighted by Gasteiger charge is -2.11. The van der Waals surface area contributed by atoms with Crippen molar-refractivity contribution in [1.29, 1.82) is 0 Å². The van der Waals surface area contributed by atoms with Gasteiger partial charge >= 0.3 is 11.9 Å². The Kier molecular flexibility index (Phi) is 5.70. The van der Waals surface area contributed by atoms with Crippen molar-refractivity contribution in [3.63, 3.8) is 0 Å². The summed E-state index contributed by atoms with van der Waals surface area (Å²) in [5.74, 6) is -2.44. The van der Waals surface area contributed by atoms with Crippen LogP contribution in [-0.4, -0.2) is 30.3 Å². The van der Waals surface area contributed by atoms with Crippen LogP contribution in [-0.2, 0) is 14.3 Å². The third kappa shape index (κ3) is 4.45. The molecule has 1 rings (SSSR count). The number of hydrogen-bond donors (Lipinski definition) is 1. The topological polar surface area (TPSA) is 72.8 Å². The smallest absolute Gasteiger partial charge is 0.320 e. The fourth-order valence-corrected chi connectivity index (χ4v) is 1.40. The number of carbonyl (C=O) groups is 2. The normalized spacial score (nSPS) is 11.6. The van der Waals surface area contributed by atoms with Crippen LogP contribution >= 0.6 is 0 Å². The molecule has 0 aliphatic rings. The van der Waals surface area contributed by atoms with Crippen LogP contribution in [0.1, 0.15) is 13.3 Å². The molecular weight excluding hydrogens is 236 g/mol. The predicted molar refractivity (Wildman–Crippen MR) is 64.3 cm³/mol. The minimum absolute atomic E-state index is 0.0864. The molecule has 1 aromatic carbocycles. The molecule has 1 atom stereocenters. The second kappa shape index (κ2) is 7.32. The molecule has 0 spiro atoms. The van der Waals surface area contributed by atoms with E-state index in [1.807, 2.05) is 18.2 Å². The molecule has 0 amide bonds. The molecule has 0 aliphatic carbocycles. The summed E-state index contributed by atoms with van der Waals surface area (Å²) in [5.41, 5.74) is 0. The van der Waals surface area contributed by atoms with E-state index < -0.39 is 17.9 Å². The summed E-state index contributed by atoms with van der Waals surface area (Å²) in [4.78, 5) is 22.3. The Balaban J connectivity index is 2.43. The molecular formula is C13H16O5. The van der Waals surface area contributed by atoms with Crippen molar-refractivity contribution in [1.82, 2.24) is 0 Å². The van der Waals surface area contributed by atoms with Crippen molar-refractivity contribution in [2.75, 3.05) is 13.2 Å². The van der Waals surface area contributed by atoms with Crippen LogP contribution in [0.25, 0.3) is 0 Å². The molecule has 5 heteroatoms. The summed E-state index contributed by atoms with van der Waals surface area (Å²) in [5, 5.41) is 8.91. The van der Waals surface area contributed by atoms with Gasteiger partial charge in [-0.1, -0.05) is 18.2 Å². The van der Waals surface area contributed by atoms with Crippen LogP contribution in [0.2, 0.25) is 0 Å². The van der Waals surface area contributed by atoms with Crippen molar-refractivity contribution in [2.45, 2.75) is 13.3 Å². The van der Waals surface area contributed by atoms with Crippen LogP contribution < -0.4 is 4.74 Å². The van der Waals surface area contributed by atoms with Crippen molar-refractivity contribution < 1.29 is 24.2 Å². The van der Waals surface area contributed by atoms with Gasteiger partial charge in [-0.3, -0.25) is 9.59 Å². The number of aliphatic carboxylic acids is 1. The number of carboxylic acids is 1. The number of esters is 1. The van der Waals surface area contributed by atoms with Crippen LogP contribution in [0.5, 0.6) is 5.75 Å². The van der Waals surface area contributed by atoms with Crippen LogP contribution in [0, 0.1) is 5.92 Å². The lowest BCUT2D eigenvalue weighted by molar-refractivity contribution is -0.158. The SMILES string of the molecule is CCOC(=O)C(CCOc1ccccc1)C(=O)O. The number of rotatable bonds is 7. The van der Waals surface area contributed by atoms with Crippen molar-refractivity contribution in [2.24, 2.45) is 5.92 Å². The zero-order valence-corrected chi connectivity index (χ0v) is 10.2. The number of benzene rings is 1. The standard InChI is InChI=1S/C13H16O5/c1-2-17-13(16)11(12(14)15)8-9-18-10-6-4-3-5-7-10/h3-7,11H,2,8-9H2,1H3,(H,14,15). The molecule has 0 bridgehead atoms. The minimum Gasteiger partial charge on any atom is -0.494 e. The molecule has 18 heavy (non-hydrogen) atoms. The van der Waals surface area contributed by atoms with Gasteiger partial charge in [-0.2, -0.15) is 0 Å². The molecule has 5 nitrogen and oxygen atoms in total. The maximum absolute atomic E-state index is 11.4. The van der Waals surface area contributed by atoms with E-state index in [0.29, 0.717) is 5.75 Å². The van der Waals surface area contributed by atoms with Gasteiger partial charge in [0.05, 0.1) is 13.2 Å². The van der Waals surface area contributed by atoms with Crippen molar-refractivity contribution >= 4 is 11.9 Å². The molecule has 1 N–H and O–H groups in total. The maximum atomic E-state index is 11.4. The van der Waals surface area contributed by atoms with Gasteiger partial charge in [-0.25, -0.2) is 0 Å². The first-order chi connectivity index (χ1) is 8.65. The third-order valence-electron chi connectivity index (χ3n) is 2.29. The Morgan fingerprint density at radius 1 is 1.28 bits per heavy atom. The average molecular weight is 252 g/mol. The molecule has 98 valence electrons. The Morgan fingerprint density at radius 2 is 1.94 bits per heavy atom. The number of hydrogen-bond acceptors (Lipinski definition) is 4. The average Bonchev–Trinajstić information content (AvgIpc) is 2.35. The number of para-hydroxylation sites is 1. The lowest BCUT2D eigenvalue weighted by atomic mass is 10.1. The Bertz CT molecular complexity index is 388. The van der Waals surface area contributed by atoms with Gasteiger partial charge in [-0.05, 0) is 19.1 Å². The van der Waals surface area contributed by atoms with Crippen LogP contribution in [0.15, 0.2) is 30.3 Å². The summed E-state index contributed by atoms with van der Waals surface area (Å²) in [6.45, 7) is 1.96. The Morgan fingerprint density at radius 3 is 2.50 bits per heavy atom. The fourth-order valence-electron chi connectivity index (χ4n) is 1.40. The summed E-state index contributed by atoms with van der Waals surface area (Å²) < 4.78 is 10.0. The first-order valence-corrected chi connectivity index (χ1v) is 5.72. The largest absolute Gasteiger partial charge is 0.494 e. The highest BCUT2D eigenvalue weighted by Crippen LogP contribution is 2.11. The molecule has 0 heterocycles. The molecule has 0 aromatic heterocycles. The van der Waals surface area contributed by atoms with Gasteiger partial charge in [0, 0.05) is 6.42 Å². The summed E-state index contributed by atoms with van der Waals surface area (Å²) in [6, 6.07) is 9.01. The number of ether oxygens (including phenoxy) is 2. The Labute approximate surface area is 105 Å². The first-order valence-electron chi connectivity index (χ1n) is 5.72. The zero-order chi connectivity index (χ0) is 13.4. The fraction of sp³-hybridized carbons (Fsp3) is 0.385. The summed E-state index contributed by atoms with van der Waals surface area (Å²) in [7, 11) is 0.